The summed E-state index contributed by atoms with van der Waals surface area (Å²) >= 11 is 3.29. The molecule has 7 nitrogen and oxygen atoms in total. The number of carbonyl (C=O) groups is 1. The van der Waals surface area contributed by atoms with Crippen LogP contribution in [-0.4, -0.2) is 44.5 Å². The predicted molar refractivity (Wildman–Crippen MR) is 106 cm³/mol. The summed E-state index contributed by atoms with van der Waals surface area (Å²) in [4.78, 5) is 24.2. The molecule has 3 aromatic rings. The number of halogens is 1. The number of para-hydroxylation sites is 1. The van der Waals surface area contributed by atoms with Gasteiger partial charge in [-0.1, -0.05) is 39.3 Å². The highest BCUT2D eigenvalue weighted by molar-refractivity contribution is 9.09. The fourth-order valence-electron chi connectivity index (χ4n) is 3.03. The molecule has 2 heterocycles. The van der Waals surface area contributed by atoms with Crippen molar-refractivity contribution in [2.45, 2.75) is 0 Å². The Kier molecular flexibility index (Phi) is 4.41. The van der Waals surface area contributed by atoms with Crippen molar-refractivity contribution in [2.75, 3.05) is 11.9 Å². The van der Waals surface area contributed by atoms with E-state index in [9.17, 15) is 15.0 Å². The predicted octanol–water partition coefficient (Wildman–Crippen LogP) is 3.82. The Balaban J connectivity index is 1.91. The van der Waals surface area contributed by atoms with E-state index in [0.29, 0.717) is 45.5 Å². The lowest BCUT2D eigenvalue weighted by Gasteiger charge is -2.05. The van der Waals surface area contributed by atoms with E-state index in [0.717, 1.165) is 5.56 Å². The number of rotatable bonds is 5. The molecule has 1 aliphatic heterocycles. The molecule has 0 spiro atoms. The van der Waals surface area contributed by atoms with Crippen molar-refractivity contribution in [3.8, 4) is 5.88 Å². The number of carboxylic acids is 1. The van der Waals surface area contributed by atoms with Crippen molar-refractivity contribution in [3.05, 3.63) is 59.2 Å². The summed E-state index contributed by atoms with van der Waals surface area (Å²) in [6.45, 7) is 0.377. The topological polar surface area (TPSA) is 107 Å². The lowest BCUT2D eigenvalue weighted by molar-refractivity contribution is 0.0697. The van der Waals surface area contributed by atoms with E-state index in [-0.39, 0.29) is 11.4 Å². The minimum atomic E-state index is -1.05. The molecule has 2 aromatic carbocycles. The first-order valence-electron chi connectivity index (χ1n) is 8.13. The van der Waals surface area contributed by atoms with Crippen molar-refractivity contribution in [1.82, 2.24) is 4.98 Å². The summed E-state index contributed by atoms with van der Waals surface area (Å²) in [6, 6.07) is 12.0. The minimum absolute atomic E-state index is 0.104. The third-order valence-electron chi connectivity index (χ3n) is 4.20. The van der Waals surface area contributed by atoms with Gasteiger partial charge in [-0.2, -0.15) is 0 Å². The second kappa shape index (κ2) is 6.88. The average Bonchev–Trinajstić information content (AvgIpc) is 3.17. The number of hydrogen-bond acceptors (Lipinski definition) is 5. The molecule has 8 heteroatoms. The molecule has 136 valence electrons. The van der Waals surface area contributed by atoms with Gasteiger partial charge in [0.1, 0.15) is 18.0 Å². The van der Waals surface area contributed by atoms with Crippen molar-refractivity contribution < 1.29 is 19.8 Å². The lowest BCUT2D eigenvalue weighted by atomic mass is 10.00. The first-order chi connectivity index (χ1) is 13.1. The lowest BCUT2D eigenvalue weighted by Crippen LogP contribution is -2.14. The van der Waals surface area contributed by atoms with Gasteiger partial charge >= 0.3 is 5.97 Å². The van der Waals surface area contributed by atoms with Gasteiger partial charge in [-0.05, 0) is 24.3 Å². The highest BCUT2D eigenvalue weighted by Gasteiger charge is 2.29. The van der Waals surface area contributed by atoms with Crippen LogP contribution in [0.4, 0.5) is 5.69 Å². The standard InChI is InChI=1S/C19H14BrN3O4/c20-7-8-27-23-16-11-3-1-2-4-13(11)21-17(16)15-12-9-10(19(25)26)5-6-14(12)22-18(15)24/h1-6,9,22,24H,7-8H2,(H,25,26)/b23-16+. The van der Waals surface area contributed by atoms with Crippen molar-refractivity contribution in [3.63, 3.8) is 0 Å². The normalized spacial score (nSPS) is 14.4. The van der Waals surface area contributed by atoms with Crippen LogP contribution >= 0.6 is 15.9 Å². The van der Waals surface area contributed by atoms with Gasteiger partial charge in [-0.25, -0.2) is 9.79 Å². The minimum Gasteiger partial charge on any atom is -0.494 e. The Hall–Kier alpha value is -3.13. The number of nitrogens with zero attached hydrogens (tertiary/aromatic N) is 2. The zero-order chi connectivity index (χ0) is 19.0. The summed E-state index contributed by atoms with van der Waals surface area (Å²) in [6.07, 6.45) is 0. The van der Waals surface area contributed by atoms with E-state index in [1.165, 1.54) is 12.1 Å². The number of H-pyrrole nitrogens is 1. The second-order valence-electron chi connectivity index (χ2n) is 5.85. The van der Waals surface area contributed by atoms with E-state index in [1.54, 1.807) is 6.07 Å². The fourth-order valence-corrected chi connectivity index (χ4v) is 3.18. The molecular formula is C19H14BrN3O4. The van der Waals surface area contributed by atoms with Gasteiger partial charge in [0.15, 0.2) is 5.88 Å². The number of hydrogen-bond donors (Lipinski definition) is 3. The quantitative estimate of drug-likeness (QED) is 0.326. The van der Waals surface area contributed by atoms with Crippen LogP contribution in [0, 0.1) is 0 Å². The molecule has 0 unspecified atom stereocenters. The van der Waals surface area contributed by atoms with Crippen LogP contribution in [0.25, 0.3) is 10.9 Å². The van der Waals surface area contributed by atoms with Crippen LogP contribution in [0.1, 0.15) is 21.5 Å². The van der Waals surface area contributed by atoms with Crippen LogP contribution in [0.3, 0.4) is 0 Å². The molecule has 1 aliphatic rings. The number of fused-ring (bicyclic) bond motifs is 2. The molecule has 0 saturated heterocycles. The maximum atomic E-state index is 11.4. The molecular weight excluding hydrogens is 414 g/mol. The summed E-state index contributed by atoms with van der Waals surface area (Å²) in [5, 5.41) is 25.2. The van der Waals surface area contributed by atoms with E-state index in [2.05, 4.69) is 31.1 Å². The molecule has 0 atom stereocenters. The molecule has 0 fully saturated rings. The molecule has 0 amide bonds. The van der Waals surface area contributed by atoms with Crippen LogP contribution in [0.15, 0.2) is 52.6 Å². The SMILES string of the molecule is O=C(O)c1ccc2[nH]c(O)c(C3=Nc4ccccc4/C3=N\OCCBr)c2c1. The summed E-state index contributed by atoms with van der Waals surface area (Å²) in [5.74, 6) is -1.15. The van der Waals surface area contributed by atoms with Gasteiger partial charge in [0.05, 0.1) is 16.8 Å². The third kappa shape index (κ3) is 2.97. The first-order valence-corrected chi connectivity index (χ1v) is 9.25. The van der Waals surface area contributed by atoms with Gasteiger partial charge in [0, 0.05) is 21.8 Å². The van der Waals surface area contributed by atoms with Gasteiger partial charge in [0.2, 0.25) is 0 Å². The fraction of sp³-hybridized carbons (Fsp3) is 0.105. The van der Waals surface area contributed by atoms with Crippen molar-refractivity contribution >= 4 is 49.9 Å². The second-order valence-corrected chi connectivity index (χ2v) is 6.65. The number of oxime groups is 1. The molecule has 0 aliphatic carbocycles. The summed E-state index contributed by atoms with van der Waals surface area (Å²) < 4.78 is 0. The number of aromatic amines is 1. The molecule has 4 rings (SSSR count). The zero-order valence-corrected chi connectivity index (χ0v) is 15.5. The van der Waals surface area contributed by atoms with Gasteiger partial charge in [-0.3, -0.25) is 0 Å². The maximum Gasteiger partial charge on any atom is 0.335 e. The van der Waals surface area contributed by atoms with Crippen LogP contribution in [0.5, 0.6) is 5.88 Å². The summed E-state index contributed by atoms with van der Waals surface area (Å²) in [5.41, 5.74) is 3.52. The van der Waals surface area contributed by atoms with Crippen molar-refractivity contribution in [1.29, 1.82) is 0 Å². The van der Waals surface area contributed by atoms with E-state index < -0.39 is 5.97 Å². The molecule has 3 N–H and O–H groups in total. The van der Waals surface area contributed by atoms with Crippen LogP contribution in [-0.2, 0) is 4.84 Å². The zero-order valence-electron chi connectivity index (χ0n) is 13.9. The smallest absolute Gasteiger partial charge is 0.335 e. The highest BCUT2D eigenvalue weighted by Crippen LogP contribution is 2.36. The van der Waals surface area contributed by atoms with Crippen LogP contribution in [0.2, 0.25) is 0 Å². The Morgan fingerprint density at radius 1 is 1.26 bits per heavy atom. The number of aromatic carboxylic acids is 1. The first kappa shape index (κ1) is 17.3. The number of nitrogens with one attached hydrogen (secondary N) is 1. The number of aromatic nitrogens is 1. The number of carboxylic acid groups (broad SMARTS) is 1. The van der Waals surface area contributed by atoms with Gasteiger partial charge in [-0.15, -0.1) is 0 Å². The van der Waals surface area contributed by atoms with Gasteiger partial charge < -0.3 is 20.0 Å². The monoisotopic (exact) mass is 427 g/mol. The number of benzene rings is 2. The Labute approximate surface area is 162 Å². The Morgan fingerprint density at radius 2 is 2.07 bits per heavy atom. The van der Waals surface area contributed by atoms with E-state index in [1.807, 2.05) is 24.3 Å². The number of aliphatic imine (C=N–C) groups is 1. The average molecular weight is 428 g/mol. The Morgan fingerprint density at radius 3 is 2.85 bits per heavy atom. The summed E-state index contributed by atoms with van der Waals surface area (Å²) in [7, 11) is 0. The molecule has 27 heavy (non-hydrogen) atoms. The van der Waals surface area contributed by atoms with Crippen molar-refractivity contribution in [2.24, 2.45) is 10.1 Å². The molecule has 0 radical (unpaired) electrons. The van der Waals surface area contributed by atoms with E-state index >= 15 is 0 Å². The van der Waals surface area contributed by atoms with Gasteiger partial charge in [0.25, 0.3) is 0 Å². The molecule has 0 bridgehead atoms. The number of alkyl halides is 1. The third-order valence-corrected chi connectivity index (χ3v) is 4.53. The molecule has 0 saturated carbocycles. The maximum absolute atomic E-state index is 11.4. The molecule has 1 aromatic heterocycles. The highest BCUT2D eigenvalue weighted by atomic mass is 79.9. The van der Waals surface area contributed by atoms with Crippen LogP contribution < -0.4 is 0 Å². The largest absolute Gasteiger partial charge is 0.494 e. The Bertz CT molecular complexity index is 1120. The van der Waals surface area contributed by atoms with E-state index in [4.69, 9.17) is 4.84 Å². The number of aromatic hydroxyl groups is 1.